The predicted octanol–water partition coefficient (Wildman–Crippen LogP) is 7.93. The second-order valence-corrected chi connectivity index (χ2v) is 8.71. The van der Waals surface area contributed by atoms with Crippen LogP contribution < -0.4 is 0 Å². The first-order chi connectivity index (χ1) is 18.8. The largest absolute Gasteiger partial charge is 0.478 e. The minimum atomic E-state index is -0.975. The SMILES string of the molecule is C.O=C(O)c1ccc(/C=C/c2cc(/C=C/c3ccc(C(=O)O)cc3)cc(/C=C/c3ccc(C(=O)O)cc3)c2)cc1. The molecule has 200 valence electrons. The van der Waals surface area contributed by atoms with E-state index in [4.69, 9.17) is 15.3 Å². The molecule has 6 nitrogen and oxygen atoms in total. The lowest BCUT2D eigenvalue weighted by Crippen LogP contribution is -1.94. The quantitative estimate of drug-likeness (QED) is 0.189. The van der Waals surface area contributed by atoms with Crippen molar-refractivity contribution in [3.63, 3.8) is 0 Å². The van der Waals surface area contributed by atoms with Crippen LogP contribution in [0, 0.1) is 0 Å². The Morgan fingerprint density at radius 2 is 0.575 bits per heavy atom. The number of aromatic carboxylic acids is 3. The smallest absolute Gasteiger partial charge is 0.335 e. The third kappa shape index (κ3) is 8.00. The van der Waals surface area contributed by atoms with Crippen molar-refractivity contribution >= 4 is 54.4 Å². The van der Waals surface area contributed by atoms with E-state index in [9.17, 15) is 14.4 Å². The van der Waals surface area contributed by atoms with Gasteiger partial charge >= 0.3 is 17.9 Å². The molecule has 0 radical (unpaired) electrons. The van der Waals surface area contributed by atoms with Gasteiger partial charge in [0.1, 0.15) is 0 Å². The summed E-state index contributed by atoms with van der Waals surface area (Å²) >= 11 is 0. The molecule has 0 bridgehead atoms. The van der Waals surface area contributed by atoms with Gasteiger partial charge < -0.3 is 15.3 Å². The van der Waals surface area contributed by atoms with E-state index < -0.39 is 17.9 Å². The molecule has 0 spiro atoms. The molecule has 4 aromatic carbocycles. The van der Waals surface area contributed by atoms with Crippen molar-refractivity contribution in [1.29, 1.82) is 0 Å². The second-order valence-electron chi connectivity index (χ2n) is 8.71. The first-order valence-electron chi connectivity index (χ1n) is 12.0. The molecular weight excluding hydrogens is 504 g/mol. The molecule has 0 fully saturated rings. The highest BCUT2D eigenvalue weighted by atomic mass is 16.4. The fraction of sp³-hybridized carbons (Fsp3) is 0.0294. The molecule has 4 rings (SSSR count). The molecular formula is C34H28O6. The summed E-state index contributed by atoms with van der Waals surface area (Å²) in [5.74, 6) is -2.93. The van der Waals surface area contributed by atoms with Crippen LogP contribution in [0.2, 0.25) is 0 Å². The number of benzene rings is 4. The molecule has 0 saturated carbocycles. The summed E-state index contributed by atoms with van der Waals surface area (Å²) < 4.78 is 0. The van der Waals surface area contributed by atoms with Gasteiger partial charge in [0.25, 0.3) is 0 Å². The van der Waals surface area contributed by atoms with E-state index in [1.54, 1.807) is 72.8 Å². The van der Waals surface area contributed by atoms with Crippen molar-refractivity contribution in [3.05, 3.63) is 141 Å². The summed E-state index contributed by atoms with van der Waals surface area (Å²) in [6.45, 7) is 0. The molecule has 0 aliphatic carbocycles. The second kappa shape index (κ2) is 13.3. The van der Waals surface area contributed by atoms with E-state index in [-0.39, 0.29) is 24.1 Å². The number of carboxylic acids is 3. The minimum Gasteiger partial charge on any atom is -0.478 e. The Labute approximate surface area is 232 Å². The Morgan fingerprint density at radius 3 is 0.775 bits per heavy atom. The van der Waals surface area contributed by atoms with Gasteiger partial charge in [-0.15, -0.1) is 0 Å². The Morgan fingerprint density at radius 1 is 0.375 bits per heavy atom. The summed E-state index contributed by atoms with van der Waals surface area (Å²) in [4.78, 5) is 33.3. The van der Waals surface area contributed by atoms with Crippen LogP contribution >= 0.6 is 0 Å². The first-order valence-corrected chi connectivity index (χ1v) is 12.0. The minimum absolute atomic E-state index is 0. The maximum absolute atomic E-state index is 11.1. The standard InChI is InChI=1S/C33H24O6.CH4/c34-31(35)28-13-7-22(8-14-28)1-4-25-19-26(5-2-23-9-15-29(16-10-23)32(36)37)21-27(20-25)6-3-24-11-17-30(18-12-24)33(38)39;/h1-21H,(H,34,35)(H,36,37)(H,38,39);1H4/b4-1+,5-2+,6-3+;. The van der Waals surface area contributed by atoms with Gasteiger partial charge in [-0.1, -0.05) is 80.3 Å². The van der Waals surface area contributed by atoms with E-state index in [1.165, 1.54) is 0 Å². The number of carbonyl (C=O) groups is 3. The topological polar surface area (TPSA) is 112 Å². The lowest BCUT2D eigenvalue weighted by Gasteiger charge is -2.04. The molecule has 3 N–H and O–H groups in total. The van der Waals surface area contributed by atoms with Gasteiger partial charge in [-0.2, -0.15) is 0 Å². The van der Waals surface area contributed by atoms with Crippen LogP contribution in [0.3, 0.4) is 0 Å². The highest BCUT2D eigenvalue weighted by Gasteiger charge is 2.03. The Bertz CT molecular complexity index is 1380. The van der Waals surface area contributed by atoms with E-state index in [1.807, 2.05) is 54.7 Å². The number of carboxylic acid groups (broad SMARTS) is 3. The molecule has 0 atom stereocenters. The van der Waals surface area contributed by atoms with Crippen molar-refractivity contribution in [2.45, 2.75) is 7.43 Å². The summed E-state index contributed by atoms with van der Waals surface area (Å²) in [6, 6.07) is 25.8. The van der Waals surface area contributed by atoms with Gasteiger partial charge in [0, 0.05) is 0 Å². The highest BCUT2D eigenvalue weighted by Crippen LogP contribution is 2.19. The molecule has 0 amide bonds. The van der Waals surface area contributed by atoms with Gasteiger partial charge in [-0.3, -0.25) is 0 Å². The summed E-state index contributed by atoms with van der Waals surface area (Å²) in [7, 11) is 0. The van der Waals surface area contributed by atoms with Crippen LogP contribution in [0.1, 0.15) is 71.9 Å². The van der Waals surface area contributed by atoms with Crippen LogP contribution in [0.15, 0.2) is 91.0 Å². The van der Waals surface area contributed by atoms with Crippen molar-refractivity contribution in [1.82, 2.24) is 0 Å². The lowest BCUT2D eigenvalue weighted by atomic mass is 10.0. The summed E-state index contributed by atoms with van der Waals surface area (Å²) in [6.07, 6.45) is 11.5. The maximum Gasteiger partial charge on any atom is 0.335 e. The number of hydrogen-bond acceptors (Lipinski definition) is 3. The average Bonchev–Trinajstić information content (AvgIpc) is 2.94. The Balaban J connectivity index is 0.00000441. The Hall–Kier alpha value is -5.49. The van der Waals surface area contributed by atoms with Gasteiger partial charge in [-0.05, 0) is 88.0 Å². The fourth-order valence-electron chi connectivity index (χ4n) is 3.78. The normalized spacial score (nSPS) is 11.1. The fourth-order valence-corrected chi connectivity index (χ4v) is 3.78. The molecule has 0 unspecified atom stereocenters. The third-order valence-corrected chi connectivity index (χ3v) is 5.88. The lowest BCUT2D eigenvalue weighted by molar-refractivity contribution is 0.0686. The zero-order chi connectivity index (χ0) is 27.8. The van der Waals surface area contributed by atoms with Crippen LogP contribution in [-0.4, -0.2) is 33.2 Å². The summed E-state index contributed by atoms with van der Waals surface area (Å²) in [5.41, 5.74) is 5.99. The molecule has 0 saturated heterocycles. The predicted molar refractivity (Wildman–Crippen MR) is 160 cm³/mol. The molecule has 40 heavy (non-hydrogen) atoms. The van der Waals surface area contributed by atoms with Gasteiger partial charge in [0.05, 0.1) is 16.7 Å². The van der Waals surface area contributed by atoms with E-state index >= 15 is 0 Å². The van der Waals surface area contributed by atoms with Crippen LogP contribution in [0.25, 0.3) is 36.5 Å². The molecule has 0 aromatic heterocycles. The van der Waals surface area contributed by atoms with E-state index in [2.05, 4.69) is 0 Å². The highest BCUT2D eigenvalue weighted by molar-refractivity contribution is 5.89. The number of hydrogen-bond donors (Lipinski definition) is 3. The maximum atomic E-state index is 11.1. The van der Waals surface area contributed by atoms with Gasteiger partial charge in [-0.25, -0.2) is 14.4 Å². The molecule has 0 heterocycles. The average molecular weight is 533 g/mol. The monoisotopic (exact) mass is 532 g/mol. The van der Waals surface area contributed by atoms with Crippen LogP contribution in [-0.2, 0) is 0 Å². The van der Waals surface area contributed by atoms with Crippen molar-refractivity contribution < 1.29 is 29.7 Å². The summed E-state index contributed by atoms with van der Waals surface area (Å²) in [5, 5.41) is 27.3. The van der Waals surface area contributed by atoms with Gasteiger partial charge in [0.2, 0.25) is 0 Å². The molecule has 6 heteroatoms. The zero-order valence-corrected chi connectivity index (χ0v) is 20.7. The Kier molecular flexibility index (Phi) is 9.70. The van der Waals surface area contributed by atoms with Crippen molar-refractivity contribution in [3.8, 4) is 0 Å². The van der Waals surface area contributed by atoms with Gasteiger partial charge in [0.15, 0.2) is 0 Å². The number of rotatable bonds is 9. The van der Waals surface area contributed by atoms with Crippen molar-refractivity contribution in [2.24, 2.45) is 0 Å². The zero-order valence-electron chi connectivity index (χ0n) is 20.7. The van der Waals surface area contributed by atoms with E-state index in [0.29, 0.717) is 0 Å². The molecule has 0 aliphatic rings. The van der Waals surface area contributed by atoms with Crippen molar-refractivity contribution in [2.75, 3.05) is 0 Å². The third-order valence-electron chi connectivity index (χ3n) is 5.88. The molecule has 4 aromatic rings. The van der Waals surface area contributed by atoms with E-state index in [0.717, 1.165) is 33.4 Å². The first kappa shape index (κ1) is 29.1. The van der Waals surface area contributed by atoms with Crippen LogP contribution in [0.4, 0.5) is 0 Å². The molecule has 0 aliphatic heterocycles. The van der Waals surface area contributed by atoms with Crippen LogP contribution in [0.5, 0.6) is 0 Å².